The van der Waals surface area contributed by atoms with Crippen LogP contribution in [0, 0.1) is 12.7 Å². The number of nitrogens with zero attached hydrogens (tertiary/aromatic N) is 1. The van der Waals surface area contributed by atoms with Crippen LogP contribution in [0.2, 0.25) is 0 Å². The second-order valence-corrected chi connectivity index (χ2v) is 8.23. The van der Waals surface area contributed by atoms with Crippen molar-refractivity contribution in [2.45, 2.75) is 71.0 Å². The summed E-state index contributed by atoms with van der Waals surface area (Å²) in [4.78, 5) is 28.0. The van der Waals surface area contributed by atoms with Crippen LogP contribution >= 0.6 is 0 Å². The van der Waals surface area contributed by atoms with E-state index in [1.54, 1.807) is 17.0 Å². The zero-order valence-electron chi connectivity index (χ0n) is 17.9. The van der Waals surface area contributed by atoms with Crippen molar-refractivity contribution in [2.75, 3.05) is 0 Å². The summed E-state index contributed by atoms with van der Waals surface area (Å²) in [6, 6.07) is 13.6. The summed E-state index contributed by atoms with van der Waals surface area (Å²) in [5, 5.41) is 3.14. The number of benzene rings is 2. The van der Waals surface area contributed by atoms with Crippen molar-refractivity contribution in [3.05, 3.63) is 71.0 Å². The lowest BCUT2D eigenvalue weighted by atomic mass is 10.0. The van der Waals surface area contributed by atoms with E-state index in [4.69, 9.17) is 0 Å². The summed E-state index contributed by atoms with van der Waals surface area (Å²) in [5.74, 6) is -0.509. The molecule has 0 saturated heterocycles. The summed E-state index contributed by atoms with van der Waals surface area (Å²) < 4.78 is 13.3. The van der Waals surface area contributed by atoms with Crippen molar-refractivity contribution in [3.63, 3.8) is 0 Å². The van der Waals surface area contributed by atoms with E-state index >= 15 is 0 Å². The highest BCUT2D eigenvalue weighted by Crippen LogP contribution is 2.20. The molecule has 4 nitrogen and oxygen atoms in total. The lowest BCUT2D eigenvalue weighted by Crippen LogP contribution is -2.51. The highest BCUT2D eigenvalue weighted by atomic mass is 19.1. The van der Waals surface area contributed by atoms with Crippen LogP contribution in [0.25, 0.3) is 0 Å². The average Bonchev–Trinajstić information content (AvgIpc) is 3.22. The fraction of sp³-hybridized carbons (Fsp3) is 0.440. The van der Waals surface area contributed by atoms with Crippen LogP contribution in [0.3, 0.4) is 0 Å². The second kappa shape index (κ2) is 10.4. The van der Waals surface area contributed by atoms with Gasteiger partial charge in [-0.25, -0.2) is 4.39 Å². The molecule has 0 bridgehead atoms. The molecule has 1 aliphatic carbocycles. The zero-order chi connectivity index (χ0) is 21.5. The van der Waals surface area contributed by atoms with Crippen molar-refractivity contribution in [2.24, 2.45) is 0 Å². The van der Waals surface area contributed by atoms with Gasteiger partial charge in [0.05, 0.1) is 6.42 Å². The molecular formula is C25H31FN2O2. The van der Waals surface area contributed by atoms with E-state index in [9.17, 15) is 14.0 Å². The van der Waals surface area contributed by atoms with E-state index in [0.29, 0.717) is 6.42 Å². The quantitative estimate of drug-likeness (QED) is 0.694. The van der Waals surface area contributed by atoms with Crippen LogP contribution in [0.5, 0.6) is 0 Å². The molecule has 0 spiro atoms. The van der Waals surface area contributed by atoms with Gasteiger partial charge >= 0.3 is 0 Å². The maximum Gasteiger partial charge on any atom is 0.243 e. The maximum atomic E-state index is 13.3. The number of nitrogens with one attached hydrogen (secondary N) is 1. The molecule has 0 heterocycles. The number of aryl methyl sites for hydroxylation is 1. The molecule has 2 aromatic carbocycles. The number of amides is 2. The van der Waals surface area contributed by atoms with Gasteiger partial charge in [-0.3, -0.25) is 9.59 Å². The number of carbonyl (C=O) groups excluding carboxylic acids is 2. The fourth-order valence-electron chi connectivity index (χ4n) is 4.17. The molecule has 1 atom stereocenters. The van der Waals surface area contributed by atoms with E-state index < -0.39 is 6.04 Å². The third-order valence-corrected chi connectivity index (χ3v) is 5.79. The standard InChI is InChI=1S/C25H31FN2O2/c1-3-23(25(30)27-22-9-4-5-10-22)28(17-19-11-13-21(26)14-12-19)24(29)16-20-8-6-7-18(2)15-20/h6-8,11-15,22-23H,3-5,9-10,16-17H2,1-2H3,(H,27,30)/t23-/m1/s1. The van der Waals surface area contributed by atoms with Crippen molar-refractivity contribution in [1.82, 2.24) is 10.2 Å². The van der Waals surface area contributed by atoms with Gasteiger partial charge in [0.15, 0.2) is 0 Å². The van der Waals surface area contributed by atoms with Crippen molar-refractivity contribution >= 4 is 11.8 Å². The van der Waals surface area contributed by atoms with Crippen LogP contribution in [0.4, 0.5) is 4.39 Å². The normalized spacial score (nSPS) is 15.0. The Bertz CT molecular complexity index is 860. The molecule has 30 heavy (non-hydrogen) atoms. The smallest absolute Gasteiger partial charge is 0.243 e. The molecule has 2 aromatic rings. The summed E-state index contributed by atoms with van der Waals surface area (Å²) in [6.07, 6.45) is 5.02. The number of hydrogen-bond acceptors (Lipinski definition) is 2. The Morgan fingerprint density at radius 1 is 1.10 bits per heavy atom. The van der Waals surface area contributed by atoms with Crippen LogP contribution in [0.15, 0.2) is 48.5 Å². The first-order valence-corrected chi connectivity index (χ1v) is 10.9. The van der Waals surface area contributed by atoms with Crippen LogP contribution < -0.4 is 5.32 Å². The predicted octanol–water partition coefficient (Wildman–Crippen LogP) is 4.54. The summed E-state index contributed by atoms with van der Waals surface area (Å²) in [6.45, 7) is 4.20. The van der Waals surface area contributed by atoms with Gasteiger partial charge in [0.1, 0.15) is 11.9 Å². The first-order valence-electron chi connectivity index (χ1n) is 10.9. The Morgan fingerprint density at radius 3 is 2.43 bits per heavy atom. The molecule has 5 heteroatoms. The number of carbonyl (C=O) groups is 2. The molecule has 1 N–H and O–H groups in total. The van der Waals surface area contributed by atoms with Crippen LogP contribution in [-0.4, -0.2) is 28.8 Å². The number of halogens is 1. The van der Waals surface area contributed by atoms with Crippen molar-refractivity contribution in [3.8, 4) is 0 Å². The molecule has 160 valence electrons. The molecule has 0 unspecified atom stereocenters. The summed E-state index contributed by atoms with van der Waals surface area (Å²) in [5.41, 5.74) is 2.83. The highest BCUT2D eigenvalue weighted by molar-refractivity contribution is 5.88. The third-order valence-electron chi connectivity index (χ3n) is 5.79. The first kappa shape index (κ1) is 22.0. The molecular weight excluding hydrogens is 379 g/mol. The fourth-order valence-corrected chi connectivity index (χ4v) is 4.17. The molecule has 0 radical (unpaired) electrons. The van der Waals surface area contributed by atoms with Gasteiger partial charge in [0.2, 0.25) is 11.8 Å². The summed E-state index contributed by atoms with van der Waals surface area (Å²) in [7, 11) is 0. The number of hydrogen-bond donors (Lipinski definition) is 1. The Balaban J connectivity index is 1.81. The lowest BCUT2D eigenvalue weighted by molar-refractivity contribution is -0.141. The Labute approximate surface area is 178 Å². The highest BCUT2D eigenvalue weighted by Gasteiger charge is 2.30. The van der Waals surface area contributed by atoms with E-state index in [-0.39, 0.29) is 36.6 Å². The van der Waals surface area contributed by atoms with Gasteiger partial charge in [0, 0.05) is 12.6 Å². The molecule has 0 aromatic heterocycles. The van der Waals surface area contributed by atoms with Gasteiger partial charge in [0.25, 0.3) is 0 Å². The largest absolute Gasteiger partial charge is 0.352 e. The minimum atomic E-state index is -0.548. The predicted molar refractivity (Wildman–Crippen MR) is 116 cm³/mol. The van der Waals surface area contributed by atoms with E-state index in [1.807, 2.05) is 38.1 Å². The zero-order valence-corrected chi connectivity index (χ0v) is 17.9. The molecule has 0 aliphatic heterocycles. The van der Waals surface area contributed by atoms with E-state index in [0.717, 1.165) is 42.4 Å². The molecule has 1 aliphatic rings. The molecule has 3 rings (SSSR count). The Kier molecular flexibility index (Phi) is 7.61. The topological polar surface area (TPSA) is 49.4 Å². The average molecular weight is 411 g/mol. The monoisotopic (exact) mass is 410 g/mol. The minimum absolute atomic E-state index is 0.0934. The Hall–Kier alpha value is -2.69. The maximum absolute atomic E-state index is 13.3. The van der Waals surface area contributed by atoms with Crippen LogP contribution in [-0.2, 0) is 22.6 Å². The van der Waals surface area contributed by atoms with Crippen LogP contribution in [0.1, 0.15) is 55.7 Å². The molecule has 1 saturated carbocycles. The van der Waals surface area contributed by atoms with Gasteiger partial charge in [-0.05, 0) is 49.4 Å². The molecule has 2 amide bonds. The van der Waals surface area contributed by atoms with Gasteiger partial charge in [-0.1, -0.05) is 61.7 Å². The van der Waals surface area contributed by atoms with E-state index in [2.05, 4.69) is 5.32 Å². The lowest BCUT2D eigenvalue weighted by Gasteiger charge is -2.31. The number of rotatable bonds is 8. The van der Waals surface area contributed by atoms with E-state index in [1.165, 1.54) is 12.1 Å². The van der Waals surface area contributed by atoms with Crippen molar-refractivity contribution < 1.29 is 14.0 Å². The van der Waals surface area contributed by atoms with Gasteiger partial charge in [-0.15, -0.1) is 0 Å². The first-order chi connectivity index (χ1) is 14.5. The molecule has 1 fully saturated rings. The third kappa shape index (κ3) is 5.91. The van der Waals surface area contributed by atoms with Gasteiger partial charge in [-0.2, -0.15) is 0 Å². The summed E-state index contributed by atoms with van der Waals surface area (Å²) >= 11 is 0. The Morgan fingerprint density at radius 2 is 1.80 bits per heavy atom. The van der Waals surface area contributed by atoms with Gasteiger partial charge < -0.3 is 10.2 Å². The second-order valence-electron chi connectivity index (χ2n) is 8.23. The van der Waals surface area contributed by atoms with Crippen molar-refractivity contribution in [1.29, 1.82) is 0 Å². The SMILES string of the molecule is CC[C@H](C(=O)NC1CCCC1)N(Cc1ccc(F)cc1)C(=O)Cc1cccc(C)c1. The minimum Gasteiger partial charge on any atom is -0.352 e.